The van der Waals surface area contributed by atoms with Gasteiger partial charge in [-0.1, -0.05) is 146 Å². The summed E-state index contributed by atoms with van der Waals surface area (Å²) < 4.78 is 0. The molecule has 10 amide bonds. The van der Waals surface area contributed by atoms with Crippen LogP contribution in [0, 0.1) is 34.6 Å². The Hall–Kier alpha value is -11.3. The fraction of sp³-hybridized carbons (Fsp3) is 0.298. The number of aromatic nitrogens is 5. The summed E-state index contributed by atoms with van der Waals surface area (Å²) in [6.07, 6.45) is 0. The van der Waals surface area contributed by atoms with Crippen molar-refractivity contribution in [3.63, 3.8) is 0 Å². The minimum absolute atomic E-state index is 0.00203. The van der Waals surface area contributed by atoms with Gasteiger partial charge >= 0.3 is 5.97 Å². The molecule has 712 valence electrons. The van der Waals surface area contributed by atoms with Gasteiger partial charge < -0.3 is 84.0 Å². The summed E-state index contributed by atoms with van der Waals surface area (Å²) in [5, 5.41) is 16.4. The predicted molar refractivity (Wildman–Crippen MR) is 524 cm³/mol. The lowest BCUT2D eigenvalue weighted by molar-refractivity contribution is -0.138. The SMILES string of the molecule is CC(=O)N1CCN(C(=O)CN2Cc3c(nc(C)c(CN)c3-c3ccc(Cl)cc3Cl)C2=O)CC1.CNC(=O)CN1Cc2c(nc(C)c(CN)c2-c2ccc(Cl)cc2Cl)C1=O.Cc1nc2c(c(-c3ccc(Cl)cc3Cl)c1CN)CN(CC(=O)N(C)C)C2=O.Cc1nc2c(c(-c3ccc(Cl)cc3Cl)c1CN)CN(CC(=O)O)C2=O.Cc1nc2c(c(-c3ccc(Cl)cc3Cl)c1CN)CN(CC(N)=O)C2=O. The van der Waals surface area contributed by atoms with Gasteiger partial charge in [0.2, 0.25) is 29.5 Å². The van der Waals surface area contributed by atoms with Crippen molar-refractivity contribution in [3.8, 4) is 55.6 Å². The van der Waals surface area contributed by atoms with Gasteiger partial charge in [-0.15, -0.1) is 0 Å². The molecule has 0 bridgehead atoms. The first-order valence-corrected chi connectivity index (χ1v) is 46.1. The van der Waals surface area contributed by atoms with Crippen molar-refractivity contribution in [3.05, 3.63) is 254 Å². The Kier molecular flexibility index (Phi) is 33.6. The lowest BCUT2D eigenvalue weighted by Gasteiger charge is -2.35. The van der Waals surface area contributed by atoms with E-state index in [0.29, 0.717) is 150 Å². The molecule has 11 heterocycles. The average Bonchev–Trinajstić information content (AvgIpc) is 1.60. The molecule has 0 atom stereocenters. The Morgan fingerprint density at radius 1 is 0.368 bits per heavy atom. The van der Waals surface area contributed by atoms with Crippen molar-refractivity contribution >= 4 is 181 Å². The Morgan fingerprint density at radius 3 is 0.824 bits per heavy atom. The Morgan fingerprint density at radius 2 is 0.603 bits per heavy atom. The number of carbonyl (C=O) groups is 11. The second kappa shape index (κ2) is 44.0. The van der Waals surface area contributed by atoms with Crippen LogP contribution in [-0.4, -0.2) is 214 Å². The molecule has 42 heteroatoms. The molecule has 0 spiro atoms. The van der Waals surface area contributed by atoms with E-state index < -0.39 is 17.8 Å². The number of likely N-dealkylation sites (N-methyl/N-ethyl adjacent to an activating group) is 2. The van der Waals surface area contributed by atoms with Crippen molar-refractivity contribution < 1.29 is 57.8 Å². The second-order valence-corrected chi connectivity index (χ2v) is 36.8. The van der Waals surface area contributed by atoms with Gasteiger partial charge in [0.25, 0.3) is 29.5 Å². The number of nitrogens with two attached hydrogens (primary N) is 6. The van der Waals surface area contributed by atoms with Crippen LogP contribution in [0.4, 0.5) is 0 Å². The Labute approximate surface area is 833 Å². The highest BCUT2D eigenvalue weighted by Gasteiger charge is 2.42. The van der Waals surface area contributed by atoms with Crippen molar-refractivity contribution in [2.24, 2.45) is 34.4 Å². The van der Waals surface area contributed by atoms with E-state index in [1.54, 1.807) is 111 Å². The van der Waals surface area contributed by atoms with Gasteiger partial charge in [0, 0.05) is 254 Å². The molecule has 5 aromatic carbocycles. The molecule has 0 unspecified atom stereocenters. The summed E-state index contributed by atoms with van der Waals surface area (Å²) >= 11 is 62.2. The molecular weight excluding hydrogens is 1960 g/mol. The van der Waals surface area contributed by atoms with Crippen LogP contribution in [-0.2, 0) is 94.2 Å². The third kappa shape index (κ3) is 22.0. The molecule has 5 aromatic heterocycles. The largest absolute Gasteiger partial charge is 0.480 e. The van der Waals surface area contributed by atoms with Crippen LogP contribution in [0.15, 0.2) is 91.0 Å². The lowest BCUT2D eigenvalue weighted by Crippen LogP contribution is -2.52. The smallest absolute Gasteiger partial charge is 0.323 e. The van der Waals surface area contributed by atoms with Crippen LogP contribution in [0.5, 0.6) is 0 Å². The number of halogens is 10. The van der Waals surface area contributed by atoms with Crippen molar-refractivity contribution in [1.82, 2.24) is 69.4 Å². The summed E-state index contributed by atoms with van der Waals surface area (Å²) in [5.74, 6) is -3.78. The zero-order chi connectivity index (χ0) is 99.3. The Bertz CT molecular complexity index is 6450. The number of piperazine rings is 1. The van der Waals surface area contributed by atoms with E-state index in [1.165, 1.54) is 43.4 Å². The van der Waals surface area contributed by atoms with Gasteiger partial charge in [-0.2, -0.15) is 0 Å². The molecule has 1 fully saturated rings. The number of amides is 10. The molecule has 0 radical (unpaired) electrons. The molecule has 14 N–H and O–H groups in total. The maximum absolute atomic E-state index is 13.2. The first kappa shape index (κ1) is 104. The van der Waals surface area contributed by atoms with Crippen LogP contribution < -0.4 is 39.7 Å². The number of aliphatic carboxylic acids is 1. The van der Waals surface area contributed by atoms with E-state index in [2.05, 4.69) is 30.2 Å². The van der Waals surface area contributed by atoms with E-state index in [-0.39, 0.29) is 151 Å². The molecule has 6 aliphatic heterocycles. The molecule has 6 aliphatic rings. The topological polar surface area (TPSA) is 467 Å². The van der Waals surface area contributed by atoms with E-state index in [4.69, 9.17) is 156 Å². The lowest BCUT2D eigenvalue weighted by atomic mass is 9.93. The van der Waals surface area contributed by atoms with Crippen molar-refractivity contribution in [1.29, 1.82) is 0 Å². The highest BCUT2D eigenvalue weighted by molar-refractivity contribution is 6.39. The number of carboxylic acid groups (broad SMARTS) is 1. The maximum Gasteiger partial charge on any atom is 0.323 e. The van der Waals surface area contributed by atoms with Crippen LogP contribution in [0.1, 0.15) is 143 Å². The highest BCUT2D eigenvalue weighted by atomic mass is 35.5. The van der Waals surface area contributed by atoms with Gasteiger partial charge in [-0.3, -0.25) is 52.7 Å². The van der Waals surface area contributed by atoms with E-state index in [1.807, 2.05) is 39.0 Å². The fourth-order valence-corrected chi connectivity index (χ4v) is 19.6. The minimum Gasteiger partial charge on any atom is -0.480 e. The zero-order valence-corrected chi connectivity index (χ0v) is 82.7. The molecule has 0 aliphatic carbocycles. The van der Waals surface area contributed by atoms with Gasteiger partial charge in [0.15, 0.2) is 0 Å². The molecule has 16 rings (SSSR count). The Balaban J connectivity index is 0.000000153. The van der Waals surface area contributed by atoms with E-state index in [0.717, 1.165) is 89.0 Å². The summed E-state index contributed by atoms with van der Waals surface area (Å²) in [7, 11) is 4.84. The predicted octanol–water partition coefficient (Wildman–Crippen LogP) is 13.0. The molecule has 1 saturated heterocycles. The van der Waals surface area contributed by atoms with Gasteiger partial charge in [0.1, 0.15) is 61.2 Å². The molecule has 136 heavy (non-hydrogen) atoms. The molecule has 32 nitrogen and oxygen atoms in total. The average molecular weight is 2050 g/mol. The number of primary amides is 1. The summed E-state index contributed by atoms with van der Waals surface area (Å²) in [4.78, 5) is 169. The van der Waals surface area contributed by atoms with E-state index in [9.17, 15) is 52.7 Å². The number of pyridine rings is 5. The summed E-state index contributed by atoms with van der Waals surface area (Å²) in [6.45, 7) is 14.1. The quantitative estimate of drug-likeness (QED) is 0.0351. The summed E-state index contributed by atoms with van der Waals surface area (Å²) in [5.41, 5.74) is 54.9. The summed E-state index contributed by atoms with van der Waals surface area (Å²) in [6, 6.07) is 25.9. The number of fused-ring (bicyclic) bond motifs is 5. The van der Waals surface area contributed by atoms with Gasteiger partial charge in [0.05, 0.1) is 0 Å². The first-order chi connectivity index (χ1) is 64.5. The molecule has 10 aromatic rings. The maximum atomic E-state index is 13.2. The highest BCUT2D eigenvalue weighted by Crippen LogP contribution is 2.47. The van der Waals surface area contributed by atoms with Crippen LogP contribution >= 0.6 is 116 Å². The third-order valence-corrected chi connectivity index (χ3v) is 26.5. The molecule has 0 saturated carbocycles. The third-order valence-electron chi connectivity index (χ3n) is 23.8. The molecular formula is C94H94Cl10N20O12. The standard InChI is InChI=1S/C23H25Cl2N5O3.C19H20Cl2N4O2.C18H18Cl2N4O2.C17H16Cl2N4O2.C17H15Cl2N3O3/c1-13-17(10-26)21(16-4-3-15(24)9-19(16)25)18-11-30(23(33)22(18)27-13)12-20(32)29-7-5-28(6-8-29)14(2)31;1-10-13(7-22)17(12-5-4-11(20)6-15(12)21)14-8-25(9-16(26)24(2)3)19(27)18(14)23-10;1-9-12(6-21)16(11-4-3-10(19)5-14(11)20)13-7-24(8-15(25)22-2)18(26)17(13)23-9;1-8-11(5-20)15(10-3-2-9(18)4-13(10)19)12-6-23(7-14(21)24)17(25)16(12)22-8;1-8-11(5-20)15(10-3-2-9(18)4-13(10)19)12-6-22(7-14(23)24)17(25)16(12)21-8/h3-4,9H,5-8,10-12,26H2,1-2H3;4-6H,7-9,22H2,1-3H3;3-5H,6-8,21H2,1-2H3,(H,22,25);2-4H,5-7,20H2,1H3,(H2,21,24);2-4H,5-7,20H2,1H3,(H,23,24). The van der Waals surface area contributed by atoms with Crippen LogP contribution in [0.2, 0.25) is 50.2 Å². The van der Waals surface area contributed by atoms with Crippen molar-refractivity contribution in [2.45, 2.75) is 107 Å². The van der Waals surface area contributed by atoms with Crippen molar-refractivity contribution in [2.75, 3.05) is 80.0 Å². The minimum atomic E-state index is -1.08. The number of hydrogen-bond acceptors (Lipinski definition) is 21. The number of aryl methyl sites for hydroxylation is 5. The van der Waals surface area contributed by atoms with Gasteiger partial charge in [-0.05, 0) is 151 Å². The number of nitrogens with zero attached hydrogens (tertiary/aromatic N) is 13. The van der Waals surface area contributed by atoms with Crippen LogP contribution in [0.25, 0.3) is 55.6 Å². The fourth-order valence-electron chi connectivity index (χ4n) is 17.1. The number of hydrogen-bond donors (Lipinski definition) is 8. The second-order valence-electron chi connectivity index (χ2n) is 32.5. The number of carboxylic acids is 1. The zero-order valence-electron chi connectivity index (χ0n) is 75.1. The normalized spacial score (nSPS) is 13.8. The monoisotopic (exact) mass is 2040 g/mol. The van der Waals surface area contributed by atoms with Crippen LogP contribution in [0.3, 0.4) is 0 Å². The number of rotatable bonds is 20. The number of nitrogens with one attached hydrogen (secondary N) is 1. The number of carbonyl (C=O) groups excluding carboxylic acids is 10. The first-order valence-electron chi connectivity index (χ1n) is 42.3. The number of benzene rings is 5. The van der Waals surface area contributed by atoms with E-state index >= 15 is 0 Å². The van der Waals surface area contributed by atoms with Gasteiger partial charge in [-0.25, -0.2) is 24.9 Å².